The van der Waals surface area contributed by atoms with E-state index in [4.69, 9.17) is 0 Å². The molecule has 1 aliphatic rings. The lowest BCUT2D eigenvalue weighted by Crippen LogP contribution is -2.20. The van der Waals surface area contributed by atoms with E-state index in [0.29, 0.717) is 0 Å². The normalized spacial score (nSPS) is 11.1. The average molecular weight is 1170 g/mol. The van der Waals surface area contributed by atoms with Crippen molar-refractivity contribution in [2.45, 2.75) is 19.3 Å². The third-order valence-corrected chi connectivity index (χ3v) is 24.0. The molecular weight excluding hydrogens is 1100 g/mol. The van der Waals surface area contributed by atoms with E-state index in [-0.39, 0.29) is 0 Å². The second-order valence-corrected chi connectivity index (χ2v) is 28.9. The highest BCUT2D eigenvalue weighted by atomic mass is 31.1. The Morgan fingerprint density at radius 1 is 0.129 bits per heavy atom. The van der Waals surface area contributed by atoms with Gasteiger partial charge in [-0.1, -0.05) is 388 Å². The summed E-state index contributed by atoms with van der Waals surface area (Å²) in [6.45, 7) is 0. The molecule has 0 radical (unpaired) electrons. The molecular formula is C81H70P4. The van der Waals surface area contributed by atoms with Gasteiger partial charge in [-0.2, -0.15) is 0 Å². The van der Waals surface area contributed by atoms with Crippen molar-refractivity contribution in [3.63, 3.8) is 0 Å². The number of hydrogen-bond acceptors (Lipinski definition) is 0. The van der Waals surface area contributed by atoms with Gasteiger partial charge in [0.25, 0.3) is 0 Å². The first kappa shape index (κ1) is 59.7. The van der Waals surface area contributed by atoms with E-state index in [1.54, 1.807) is 11.1 Å². The molecule has 0 unspecified atom stereocenters. The zero-order valence-electron chi connectivity index (χ0n) is 47.9. The van der Waals surface area contributed by atoms with Gasteiger partial charge in [-0.3, -0.25) is 0 Å². The van der Waals surface area contributed by atoms with Crippen molar-refractivity contribution in [1.29, 1.82) is 0 Å². The Morgan fingerprint density at radius 2 is 0.235 bits per heavy atom. The zero-order valence-corrected chi connectivity index (χ0v) is 51.4. The molecule has 85 heavy (non-hydrogen) atoms. The molecule has 13 aromatic rings. The topological polar surface area (TPSA) is 0 Å². The molecule has 0 saturated carbocycles. The minimum Gasteiger partial charge on any atom is -0.0622 e. The van der Waals surface area contributed by atoms with Crippen LogP contribution in [0.3, 0.4) is 0 Å². The first-order chi connectivity index (χ1) is 42.3. The fraction of sp³-hybridized carbons (Fsp3) is 0.0370. The summed E-state index contributed by atoms with van der Waals surface area (Å²) in [6, 6.07) is 138. The van der Waals surface area contributed by atoms with Gasteiger partial charge >= 0.3 is 0 Å². The Morgan fingerprint density at radius 3 is 0.353 bits per heavy atom. The Bertz CT molecular complexity index is 3000. The van der Waals surface area contributed by atoms with Crippen molar-refractivity contribution in [3.05, 3.63) is 399 Å². The van der Waals surface area contributed by atoms with E-state index in [2.05, 4.69) is 388 Å². The maximum Gasteiger partial charge on any atom is -0.0134 e. The highest BCUT2D eigenvalue weighted by Gasteiger charge is 2.19. The van der Waals surface area contributed by atoms with E-state index in [1.807, 2.05) is 0 Å². The number of benzene rings is 13. The molecule has 0 aliphatic heterocycles. The first-order valence-electron chi connectivity index (χ1n) is 29.1. The quantitative estimate of drug-likeness (QED) is 0.107. The molecule has 0 aromatic heterocycles. The van der Waals surface area contributed by atoms with Crippen LogP contribution in [0.1, 0.15) is 17.5 Å². The molecule has 1 aliphatic carbocycles. The number of aryl methyl sites for hydroxylation is 2. The first-order valence-corrected chi connectivity index (χ1v) is 34.5. The molecule has 0 nitrogen and oxygen atoms in total. The van der Waals surface area contributed by atoms with Crippen molar-refractivity contribution < 1.29 is 0 Å². The number of hydrogen-bond donors (Lipinski definition) is 0. The van der Waals surface area contributed by atoms with Gasteiger partial charge in [-0.15, -0.1) is 0 Å². The van der Waals surface area contributed by atoms with E-state index in [1.165, 1.54) is 82.9 Å². The molecule has 0 atom stereocenters. The molecule has 0 bridgehead atoms. The number of rotatable bonds is 12. The van der Waals surface area contributed by atoms with Crippen LogP contribution in [0, 0.1) is 0 Å². The molecule has 13 aromatic carbocycles. The Labute approximate surface area is 510 Å². The Kier molecular flexibility index (Phi) is 23.3. The minimum atomic E-state index is -0.446. The molecule has 4 heteroatoms. The van der Waals surface area contributed by atoms with Crippen LogP contribution in [0.15, 0.2) is 388 Å². The van der Waals surface area contributed by atoms with Crippen LogP contribution in [-0.2, 0) is 12.8 Å². The minimum absolute atomic E-state index is 0.446. The summed E-state index contributed by atoms with van der Waals surface area (Å²) < 4.78 is 0. The average Bonchev–Trinajstić information content (AvgIpc) is 4.30. The van der Waals surface area contributed by atoms with Gasteiger partial charge < -0.3 is 0 Å². The maximum atomic E-state index is 2.24. The Balaban J connectivity index is 0.000000120. The lowest BCUT2D eigenvalue weighted by atomic mass is 10.1. The molecule has 0 N–H and O–H groups in total. The van der Waals surface area contributed by atoms with Crippen molar-refractivity contribution in [3.8, 4) is 0 Å². The van der Waals surface area contributed by atoms with Crippen LogP contribution in [0.4, 0.5) is 0 Å². The zero-order chi connectivity index (χ0) is 57.8. The van der Waals surface area contributed by atoms with Crippen molar-refractivity contribution in [2.75, 3.05) is 0 Å². The van der Waals surface area contributed by atoms with Crippen LogP contribution in [-0.4, -0.2) is 0 Å². The highest BCUT2D eigenvalue weighted by molar-refractivity contribution is 7.81. The fourth-order valence-corrected chi connectivity index (χ4v) is 19.4. The molecule has 0 heterocycles. The molecule has 0 fully saturated rings. The second kappa shape index (κ2) is 33.2. The Hall–Kier alpha value is -8.42. The SMILES string of the molecule is c1ccc(P(c2ccccc2)c2ccccc2)cc1.c1ccc(P(c2ccccc2)c2ccccc2)cc1.c1ccc(P(c2ccccc2)c2ccccc2)cc1.c1ccc(P(c2ccccc2)c2ccccc2)cc1.c1ccc2c(c1)CCC2. The summed E-state index contributed by atoms with van der Waals surface area (Å²) in [7, 11) is -1.78. The van der Waals surface area contributed by atoms with Crippen molar-refractivity contribution >= 4 is 95.3 Å². The van der Waals surface area contributed by atoms with Gasteiger partial charge in [-0.05, 0) is 126 Å². The van der Waals surface area contributed by atoms with E-state index < -0.39 is 31.7 Å². The van der Waals surface area contributed by atoms with Gasteiger partial charge in [0.05, 0.1) is 0 Å². The van der Waals surface area contributed by atoms with Crippen molar-refractivity contribution in [1.82, 2.24) is 0 Å². The van der Waals surface area contributed by atoms with Crippen LogP contribution < -0.4 is 63.7 Å². The lowest BCUT2D eigenvalue weighted by molar-refractivity contribution is 0.912. The summed E-state index contributed by atoms with van der Waals surface area (Å²) in [5.74, 6) is 0. The summed E-state index contributed by atoms with van der Waals surface area (Å²) in [5.41, 5.74) is 3.13. The molecule has 0 amide bonds. The molecule has 0 saturated heterocycles. The summed E-state index contributed by atoms with van der Waals surface area (Å²) in [4.78, 5) is 0. The fourth-order valence-electron chi connectivity index (χ4n) is 10.2. The maximum absolute atomic E-state index is 2.24. The smallest absolute Gasteiger partial charge is 0.0134 e. The lowest BCUT2D eigenvalue weighted by Gasteiger charge is -2.18. The highest BCUT2D eigenvalue weighted by Crippen LogP contribution is 2.35. The summed E-state index contributed by atoms with van der Waals surface area (Å²) >= 11 is 0. The van der Waals surface area contributed by atoms with Gasteiger partial charge in [0.1, 0.15) is 0 Å². The van der Waals surface area contributed by atoms with Crippen LogP contribution in [0.2, 0.25) is 0 Å². The van der Waals surface area contributed by atoms with E-state index >= 15 is 0 Å². The van der Waals surface area contributed by atoms with Gasteiger partial charge in [0.2, 0.25) is 0 Å². The van der Waals surface area contributed by atoms with E-state index in [0.717, 1.165) is 0 Å². The molecule has 14 rings (SSSR count). The second-order valence-electron chi connectivity index (χ2n) is 20.0. The summed E-state index contributed by atoms with van der Waals surface area (Å²) in [6.07, 6.45) is 3.96. The molecule has 0 spiro atoms. The molecule has 414 valence electrons. The standard InChI is InChI=1S/4C18H15P.C9H10/c4*1-4-10-16(11-5-1)19(17-12-6-2-7-13-17)18-14-8-3-9-15-18;1-2-5-9-7-3-6-8(9)4-1/h4*1-15H;1-2,4-5H,3,6-7H2. The largest absolute Gasteiger partial charge is 0.0622 e. The van der Waals surface area contributed by atoms with Gasteiger partial charge in [0.15, 0.2) is 0 Å². The predicted molar refractivity (Wildman–Crippen MR) is 379 cm³/mol. The van der Waals surface area contributed by atoms with Crippen LogP contribution in [0.25, 0.3) is 0 Å². The van der Waals surface area contributed by atoms with Gasteiger partial charge in [0, 0.05) is 0 Å². The number of fused-ring (bicyclic) bond motifs is 1. The van der Waals surface area contributed by atoms with Gasteiger partial charge in [-0.25, -0.2) is 0 Å². The third kappa shape index (κ3) is 17.6. The van der Waals surface area contributed by atoms with E-state index in [9.17, 15) is 0 Å². The van der Waals surface area contributed by atoms with Crippen molar-refractivity contribution in [2.24, 2.45) is 0 Å². The monoisotopic (exact) mass is 1170 g/mol. The van der Waals surface area contributed by atoms with Crippen LogP contribution >= 0.6 is 31.7 Å². The predicted octanol–water partition coefficient (Wildman–Crippen LogP) is 16.0. The summed E-state index contributed by atoms with van der Waals surface area (Å²) in [5, 5.41) is 16.8. The van der Waals surface area contributed by atoms with Crippen LogP contribution in [0.5, 0.6) is 0 Å². The third-order valence-electron chi connectivity index (χ3n) is 14.2.